The largest absolute Gasteiger partial charge is 0.493 e. The highest BCUT2D eigenvalue weighted by Gasteiger charge is 2.33. The molecule has 0 saturated carbocycles. The summed E-state index contributed by atoms with van der Waals surface area (Å²) in [5, 5.41) is 3.02. The van der Waals surface area contributed by atoms with Crippen LogP contribution in [0.2, 0.25) is 0 Å². The van der Waals surface area contributed by atoms with Gasteiger partial charge in [-0.25, -0.2) is 4.79 Å². The van der Waals surface area contributed by atoms with E-state index in [1.165, 1.54) is 0 Å². The van der Waals surface area contributed by atoms with Crippen molar-refractivity contribution in [2.24, 2.45) is 0 Å². The maximum atomic E-state index is 13.3. The summed E-state index contributed by atoms with van der Waals surface area (Å²) in [5.41, 5.74) is 5.17. The Morgan fingerprint density at radius 3 is 2.30 bits per heavy atom. The van der Waals surface area contributed by atoms with Gasteiger partial charge in [0.2, 0.25) is 0 Å². The monoisotopic (exact) mass is 446 g/mol. The lowest BCUT2D eigenvalue weighted by Gasteiger charge is -2.37. The number of carbonyl (C=O) groups is 1. The van der Waals surface area contributed by atoms with E-state index in [0.29, 0.717) is 24.7 Å². The molecule has 0 spiro atoms. The topological polar surface area (TPSA) is 60.0 Å². The normalized spacial score (nSPS) is 14.9. The Morgan fingerprint density at radius 1 is 0.970 bits per heavy atom. The Kier molecular flexibility index (Phi) is 6.73. The second-order valence-corrected chi connectivity index (χ2v) is 8.30. The number of benzene rings is 3. The third-order valence-corrected chi connectivity index (χ3v) is 5.89. The summed E-state index contributed by atoms with van der Waals surface area (Å²) in [4.78, 5) is 15.1. The van der Waals surface area contributed by atoms with E-state index in [1.807, 2.05) is 73.3 Å². The third-order valence-electron chi connectivity index (χ3n) is 5.89. The first-order valence-corrected chi connectivity index (χ1v) is 11.1. The molecule has 1 heterocycles. The van der Waals surface area contributed by atoms with Gasteiger partial charge in [0.1, 0.15) is 12.4 Å². The van der Waals surface area contributed by atoms with Gasteiger partial charge >= 0.3 is 6.03 Å². The minimum absolute atomic E-state index is 0.157. The average Bonchev–Trinajstić information content (AvgIpc) is 2.81. The third kappa shape index (κ3) is 5.06. The van der Waals surface area contributed by atoms with E-state index in [9.17, 15) is 4.79 Å². The van der Waals surface area contributed by atoms with Crippen LogP contribution in [0.1, 0.15) is 28.3 Å². The second kappa shape index (κ2) is 9.86. The highest BCUT2D eigenvalue weighted by Crippen LogP contribution is 2.38. The summed E-state index contributed by atoms with van der Waals surface area (Å²) < 4.78 is 17.3. The summed E-state index contributed by atoms with van der Waals surface area (Å²) in [6.07, 6.45) is 0.720. The quantitative estimate of drug-likeness (QED) is 0.541. The van der Waals surface area contributed by atoms with Gasteiger partial charge in [0.25, 0.3) is 0 Å². The molecule has 3 aromatic rings. The van der Waals surface area contributed by atoms with Crippen LogP contribution >= 0.6 is 0 Å². The van der Waals surface area contributed by atoms with Gasteiger partial charge in [-0.1, -0.05) is 24.3 Å². The van der Waals surface area contributed by atoms with Crippen LogP contribution in [0.5, 0.6) is 17.2 Å². The fourth-order valence-corrected chi connectivity index (χ4v) is 4.36. The Labute approximate surface area is 195 Å². The van der Waals surface area contributed by atoms with Crippen LogP contribution in [-0.2, 0) is 6.42 Å². The predicted octanol–water partition coefficient (Wildman–Crippen LogP) is 5.53. The molecule has 0 saturated heterocycles. The molecule has 1 N–H and O–H groups in total. The minimum Gasteiger partial charge on any atom is -0.493 e. The van der Waals surface area contributed by atoms with Crippen LogP contribution < -0.4 is 19.5 Å². The van der Waals surface area contributed by atoms with Crippen LogP contribution in [0.25, 0.3) is 0 Å². The van der Waals surface area contributed by atoms with Crippen LogP contribution in [-0.4, -0.2) is 38.3 Å². The standard InChI is InChI=1S/C27H30N2O4/c1-18-12-19(2)14-22(13-18)33-17-24-23-16-26(32-4)25(31-3)15-20(23)10-11-29(24)27(30)28-21-8-6-5-7-9-21/h5-9,12-16,24H,10-11,17H2,1-4H3,(H,28,30)/t24-/m0/s1. The first kappa shape index (κ1) is 22.5. The van der Waals surface area contributed by atoms with Crippen LogP contribution in [0.15, 0.2) is 60.7 Å². The van der Waals surface area contributed by atoms with Crippen molar-refractivity contribution >= 4 is 11.7 Å². The Hall–Kier alpha value is -3.67. The van der Waals surface area contributed by atoms with E-state index in [1.54, 1.807) is 14.2 Å². The number of para-hydroxylation sites is 1. The minimum atomic E-state index is -0.280. The molecule has 1 aliphatic heterocycles. The van der Waals surface area contributed by atoms with Crippen molar-refractivity contribution < 1.29 is 19.0 Å². The lowest BCUT2D eigenvalue weighted by Crippen LogP contribution is -2.44. The van der Waals surface area contributed by atoms with E-state index in [4.69, 9.17) is 14.2 Å². The van der Waals surface area contributed by atoms with E-state index >= 15 is 0 Å². The summed E-state index contributed by atoms with van der Waals surface area (Å²) in [6.45, 7) is 4.99. The maximum absolute atomic E-state index is 13.3. The number of aryl methyl sites for hydroxylation is 2. The number of hydrogen-bond acceptors (Lipinski definition) is 4. The molecule has 6 nitrogen and oxygen atoms in total. The average molecular weight is 447 g/mol. The van der Waals surface area contributed by atoms with E-state index in [2.05, 4.69) is 11.4 Å². The molecule has 0 aromatic heterocycles. The molecule has 0 fully saturated rings. The van der Waals surface area contributed by atoms with E-state index in [-0.39, 0.29) is 12.1 Å². The fourth-order valence-electron chi connectivity index (χ4n) is 4.36. The van der Waals surface area contributed by atoms with Gasteiger partial charge in [0, 0.05) is 12.2 Å². The van der Waals surface area contributed by atoms with Gasteiger partial charge in [0.05, 0.1) is 20.3 Å². The van der Waals surface area contributed by atoms with E-state index in [0.717, 1.165) is 40.1 Å². The van der Waals surface area contributed by atoms with Crippen LogP contribution in [0, 0.1) is 13.8 Å². The molecule has 3 aromatic carbocycles. The lowest BCUT2D eigenvalue weighted by atomic mass is 9.92. The van der Waals surface area contributed by atoms with Crippen LogP contribution in [0.3, 0.4) is 0 Å². The Balaban J connectivity index is 1.66. The van der Waals surface area contributed by atoms with E-state index < -0.39 is 0 Å². The zero-order valence-corrected chi connectivity index (χ0v) is 19.6. The highest BCUT2D eigenvalue weighted by atomic mass is 16.5. The molecule has 1 aliphatic rings. The molecule has 0 radical (unpaired) electrons. The highest BCUT2D eigenvalue weighted by molar-refractivity contribution is 5.89. The number of methoxy groups -OCH3 is 2. The molecule has 1 atom stereocenters. The lowest BCUT2D eigenvalue weighted by molar-refractivity contribution is 0.144. The zero-order chi connectivity index (χ0) is 23.4. The van der Waals surface area contributed by atoms with Gasteiger partial charge in [-0.3, -0.25) is 0 Å². The Morgan fingerprint density at radius 2 is 1.64 bits per heavy atom. The molecule has 0 bridgehead atoms. The van der Waals surface area contributed by atoms with Gasteiger partial charge in [0.15, 0.2) is 11.5 Å². The Bertz CT molecular complexity index is 1110. The molecule has 172 valence electrons. The molecule has 0 aliphatic carbocycles. The van der Waals surface area contributed by atoms with Crippen molar-refractivity contribution in [2.75, 3.05) is 32.7 Å². The zero-order valence-electron chi connectivity index (χ0n) is 19.6. The van der Waals surface area contributed by atoms with Crippen molar-refractivity contribution in [2.45, 2.75) is 26.3 Å². The molecule has 33 heavy (non-hydrogen) atoms. The summed E-state index contributed by atoms with van der Waals surface area (Å²) in [5.74, 6) is 2.12. The fraction of sp³-hybridized carbons (Fsp3) is 0.296. The van der Waals surface area contributed by atoms with Gasteiger partial charge in [-0.05, 0) is 78.9 Å². The number of nitrogens with one attached hydrogen (secondary N) is 1. The molecule has 6 heteroatoms. The number of nitrogens with zero attached hydrogens (tertiary/aromatic N) is 1. The van der Waals surface area contributed by atoms with Crippen molar-refractivity contribution in [3.63, 3.8) is 0 Å². The van der Waals surface area contributed by atoms with Gasteiger partial charge < -0.3 is 24.4 Å². The molecule has 2 amide bonds. The molecular weight excluding hydrogens is 416 g/mol. The summed E-state index contributed by atoms with van der Waals surface area (Å²) >= 11 is 0. The summed E-state index contributed by atoms with van der Waals surface area (Å²) in [6, 6.07) is 19.2. The van der Waals surface area contributed by atoms with Gasteiger partial charge in [-0.15, -0.1) is 0 Å². The molecular formula is C27H30N2O4. The van der Waals surface area contributed by atoms with Crippen molar-refractivity contribution in [3.05, 3.63) is 82.9 Å². The SMILES string of the molecule is COc1cc2c(cc1OC)[C@H](COc1cc(C)cc(C)c1)N(C(=O)Nc1ccccc1)CC2. The molecule has 4 rings (SSSR count). The molecule has 0 unspecified atom stereocenters. The smallest absolute Gasteiger partial charge is 0.322 e. The van der Waals surface area contributed by atoms with Crippen molar-refractivity contribution in [1.29, 1.82) is 0 Å². The number of ether oxygens (including phenoxy) is 3. The number of rotatable bonds is 6. The predicted molar refractivity (Wildman–Crippen MR) is 130 cm³/mol. The second-order valence-electron chi connectivity index (χ2n) is 8.30. The summed E-state index contributed by atoms with van der Waals surface area (Å²) in [7, 11) is 3.25. The number of carbonyl (C=O) groups excluding carboxylic acids is 1. The number of fused-ring (bicyclic) bond motifs is 1. The van der Waals surface area contributed by atoms with Gasteiger partial charge in [-0.2, -0.15) is 0 Å². The maximum Gasteiger partial charge on any atom is 0.322 e. The number of hydrogen-bond donors (Lipinski definition) is 1. The van der Waals surface area contributed by atoms with Crippen molar-refractivity contribution in [3.8, 4) is 17.2 Å². The first-order valence-electron chi connectivity index (χ1n) is 11.1. The first-order chi connectivity index (χ1) is 16.0. The number of urea groups is 1. The number of amides is 2. The van der Waals surface area contributed by atoms with Crippen LogP contribution in [0.4, 0.5) is 10.5 Å². The van der Waals surface area contributed by atoms with Crippen molar-refractivity contribution in [1.82, 2.24) is 4.90 Å². The number of anilines is 1.